The summed E-state index contributed by atoms with van der Waals surface area (Å²) in [6.07, 6.45) is 1.76. The summed E-state index contributed by atoms with van der Waals surface area (Å²) >= 11 is 0. The van der Waals surface area contributed by atoms with Gasteiger partial charge in [-0.1, -0.05) is 12.1 Å². The highest BCUT2D eigenvalue weighted by atomic mass is 15.3. The van der Waals surface area contributed by atoms with E-state index in [0.29, 0.717) is 11.3 Å². The van der Waals surface area contributed by atoms with Gasteiger partial charge >= 0.3 is 0 Å². The normalized spacial score (nSPS) is 9.87. The van der Waals surface area contributed by atoms with E-state index >= 15 is 0 Å². The van der Waals surface area contributed by atoms with Gasteiger partial charge in [0, 0.05) is 18.8 Å². The molecule has 2 N–H and O–H groups in total. The number of rotatable bonds is 1. The predicted octanol–water partition coefficient (Wildman–Crippen LogP) is 1.54. The van der Waals surface area contributed by atoms with Crippen LogP contribution in [0.1, 0.15) is 5.56 Å². The summed E-state index contributed by atoms with van der Waals surface area (Å²) in [5.74, 6) is 0. The zero-order chi connectivity index (χ0) is 10.8. The largest absolute Gasteiger partial charge is 0.396 e. The molecule has 1 heterocycles. The first-order chi connectivity index (χ1) is 7.20. The molecule has 0 atom stereocenters. The smallest absolute Gasteiger partial charge is 0.115 e. The SMILES string of the molecule is Cn1cc(N)c(-c2ccc(C#N)cc2)n1. The molecule has 2 rings (SSSR count). The number of hydrogen-bond acceptors (Lipinski definition) is 3. The van der Waals surface area contributed by atoms with Crippen LogP contribution in [-0.2, 0) is 7.05 Å². The van der Waals surface area contributed by atoms with Gasteiger partial charge < -0.3 is 5.73 Å². The third-order valence-corrected chi connectivity index (χ3v) is 2.14. The van der Waals surface area contributed by atoms with E-state index in [1.54, 1.807) is 23.0 Å². The molecular weight excluding hydrogens is 188 g/mol. The molecule has 0 aliphatic rings. The summed E-state index contributed by atoms with van der Waals surface area (Å²) in [4.78, 5) is 0. The van der Waals surface area contributed by atoms with E-state index in [4.69, 9.17) is 11.0 Å². The monoisotopic (exact) mass is 198 g/mol. The predicted molar refractivity (Wildman–Crippen MR) is 57.8 cm³/mol. The van der Waals surface area contributed by atoms with E-state index in [9.17, 15) is 0 Å². The van der Waals surface area contributed by atoms with Gasteiger partial charge in [0.05, 0.1) is 17.3 Å². The number of nitriles is 1. The lowest BCUT2D eigenvalue weighted by Crippen LogP contribution is -1.88. The fourth-order valence-electron chi connectivity index (χ4n) is 1.43. The second-order valence-electron chi connectivity index (χ2n) is 3.30. The van der Waals surface area contributed by atoms with E-state index < -0.39 is 0 Å². The number of nitrogens with two attached hydrogens (primary N) is 1. The Labute approximate surface area is 87.6 Å². The Morgan fingerprint density at radius 3 is 2.47 bits per heavy atom. The number of anilines is 1. The second-order valence-corrected chi connectivity index (χ2v) is 3.30. The van der Waals surface area contributed by atoms with Crippen molar-refractivity contribution in [3.8, 4) is 17.3 Å². The lowest BCUT2D eigenvalue weighted by atomic mass is 10.1. The molecule has 0 saturated heterocycles. The lowest BCUT2D eigenvalue weighted by Gasteiger charge is -1.97. The maximum absolute atomic E-state index is 8.66. The number of aryl methyl sites for hydroxylation is 1. The highest BCUT2D eigenvalue weighted by Crippen LogP contribution is 2.23. The van der Waals surface area contributed by atoms with Crippen LogP contribution in [0.3, 0.4) is 0 Å². The molecule has 0 bridgehead atoms. The molecule has 1 aromatic carbocycles. The first-order valence-electron chi connectivity index (χ1n) is 4.50. The van der Waals surface area contributed by atoms with Gasteiger partial charge in [0.1, 0.15) is 5.69 Å². The van der Waals surface area contributed by atoms with Gasteiger partial charge in [0.15, 0.2) is 0 Å². The highest BCUT2D eigenvalue weighted by Gasteiger charge is 2.06. The Morgan fingerprint density at radius 2 is 2.00 bits per heavy atom. The van der Waals surface area contributed by atoms with Crippen LogP contribution in [0.4, 0.5) is 5.69 Å². The van der Waals surface area contributed by atoms with Crippen molar-refractivity contribution in [2.24, 2.45) is 7.05 Å². The van der Waals surface area contributed by atoms with Gasteiger partial charge in [0.2, 0.25) is 0 Å². The van der Waals surface area contributed by atoms with Crippen molar-refractivity contribution in [3.05, 3.63) is 36.0 Å². The highest BCUT2D eigenvalue weighted by molar-refractivity contribution is 5.72. The zero-order valence-corrected chi connectivity index (χ0v) is 8.31. The van der Waals surface area contributed by atoms with Gasteiger partial charge in [0.25, 0.3) is 0 Å². The number of nitrogen functional groups attached to an aromatic ring is 1. The Balaban J connectivity index is 2.46. The first-order valence-corrected chi connectivity index (χ1v) is 4.50. The van der Waals surface area contributed by atoms with Crippen LogP contribution in [0.5, 0.6) is 0 Å². The van der Waals surface area contributed by atoms with Gasteiger partial charge in [-0.05, 0) is 12.1 Å². The Morgan fingerprint density at radius 1 is 1.33 bits per heavy atom. The van der Waals surface area contributed by atoms with Crippen LogP contribution in [0.25, 0.3) is 11.3 Å². The van der Waals surface area contributed by atoms with E-state index in [-0.39, 0.29) is 0 Å². The van der Waals surface area contributed by atoms with Crippen LogP contribution in [0.15, 0.2) is 30.5 Å². The molecule has 0 fully saturated rings. The topological polar surface area (TPSA) is 67.6 Å². The van der Waals surface area contributed by atoms with Gasteiger partial charge in [-0.2, -0.15) is 10.4 Å². The summed E-state index contributed by atoms with van der Waals surface area (Å²) in [6, 6.07) is 9.26. The van der Waals surface area contributed by atoms with Gasteiger partial charge in [-0.3, -0.25) is 4.68 Å². The van der Waals surface area contributed by atoms with Crippen molar-refractivity contribution in [2.75, 3.05) is 5.73 Å². The average molecular weight is 198 g/mol. The summed E-state index contributed by atoms with van der Waals surface area (Å²) in [5.41, 5.74) is 8.74. The molecule has 0 aliphatic carbocycles. The van der Waals surface area contributed by atoms with Gasteiger partial charge in [-0.15, -0.1) is 0 Å². The zero-order valence-electron chi connectivity index (χ0n) is 8.31. The molecule has 74 valence electrons. The lowest BCUT2D eigenvalue weighted by molar-refractivity contribution is 0.771. The molecule has 0 aliphatic heterocycles. The Hall–Kier alpha value is -2.28. The molecule has 4 heteroatoms. The van der Waals surface area contributed by atoms with Crippen LogP contribution >= 0.6 is 0 Å². The van der Waals surface area contributed by atoms with Crippen molar-refractivity contribution in [2.45, 2.75) is 0 Å². The fraction of sp³-hybridized carbons (Fsp3) is 0.0909. The maximum Gasteiger partial charge on any atom is 0.115 e. The minimum absolute atomic E-state index is 0.633. The number of aromatic nitrogens is 2. The molecule has 0 radical (unpaired) electrons. The van der Waals surface area contributed by atoms with Crippen LogP contribution in [-0.4, -0.2) is 9.78 Å². The quantitative estimate of drug-likeness (QED) is 0.755. The van der Waals surface area contributed by atoms with E-state index in [2.05, 4.69) is 11.2 Å². The van der Waals surface area contributed by atoms with Crippen LogP contribution < -0.4 is 5.73 Å². The van der Waals surface area contributed by atoms with Gasteiger partial charge in [-0.25, -0.2) is 0 Å². The number of benzene rings is 1. The summed E-state index contributed by atoms with van der Waals surface area (Å²) in [5, 5.41) is 12.9. The Bertz CT molecular complexity index is 517. The van der Waals surface area contributed by atoms with E-state index in [0.717, 1.165) is 11.3 Å². The summed E-state index contributed by atoms with van der Waals surface area (Å²) in [6.45, 7) is 0. The van der Waals surface area contributed by atoms with Crippen molar-refractivity contribution in [1.82, 2.24) is 9.78 Å². The number of nitrogens with zero attached hydrogens (tertiary/aromatic N) is 3. The van der Waals surface area contributed by atoms with E-state index in [1.165, 1.54) is 0 Å². The molecule has 1 aromatic heterocycles. The maximum atomic E-state index is 8.66. The third-order valence-electron chi connectivity index (χ3n) is 2.14. The molecule has 0 spiro atoms. The van der Waals surface area contributed by atoms with Crippen molar-refractivity contribution in [3.63, 3.8) is 0 Å². The minimum atomic E-state index is 0.633. The minimum Gasteiger partial charge on any atom is -0.396 e. The number of hydrogen-bond donors (Lipinski definition) is 1. The van der Waals surface area contributed by atoms with E-state index in [1.807, 2.05) is 19.2 Å². The molecule has 15 heavy (non-hydrogen) atoms. The summed E-state index contributed by atoms with van der Waals surface area (Å²) < 4.78 is 1.67. The molecule has 4 nitrogen and oxygen atoms in total. The first kappa shape index (κ1) is 9.28. The molecule has 0 unspecified atom stereocenters. The summed E-state index contributed by atoms with van der Waals surface area (Å²) in [7, 11) is 1.82. The molecular formula is C11H10N4. The Kier molecular flexibility index (Phi) is 2.14. The van der Waals surface area contributed by atoms with Crippen LogP contribution in [0, 0.1) is 11.3 Å². The molecule has 2 aromatic rings. The average Bonchev–Trinajstić information content (AvgIpc) is 2.58. The molecule has 0 saturated carbocycles. The van der Waals surface area contributed by atoms with Crippen LogP contribution in [0.2, 0.25) is 0 Å². The fourth-order valence-corrected chi connectivity index (χ4v) is 1.43. The second kappa shape index (κ2) is 3.46. The third kappa shape index (κ3) is 1.67. The standard InChI is InChI=1S/C11H10N4/c1-15-7-10(13)11(14-15)9-4-2-8(6-12)3-5-9/h2-5,7H,13H2,1H3. The molecule has 0 amide bonds. The van der Waals surface area contributed by atoms with Crippen molar-refractivity contribution >= 4 is 5.69 Å². The van der Waals surface area contributed by atoms with Crippen molar-refractivity contribution in [1.29, 1.82) is 5.26 Å². The van der Waals surface area contributed by atoms with Crippen molar-refractivity contribution < 1.29 is 0 Å².